The van der Waals surface area contributed by atoms with Crippen LogP contribution in [0.5, 0.6) is 0 Å². The Morgan fingerprint density at radius 2 is 1.89 bits per heavy atom. The normalized spacial score (nSPS) is 13.4. The van der Waals surface area contributed by atoms with Gasteiger partial charge in [-0.1, -0.05) is 20.8 Å². The van der Waals surface area contributed by atoms with E-state index in [0.717, 1.165) is 18.7 Å². The van der Waals surface area contributed by atoms with Crippen molar-refractivity contribution in [2.75, 3.05) is 6.54 Å². The Balaban J connectivity index is 2.52. The fraction of sp³-hybridized carbons (Fsp3) is 0.429. The monoisotopic (exact) mass is 253 g/mol. The van der Waals surface area contributed by atoms with E-state index in [0.29, 0.717) is 5.76 Å². The molecular formula is C14H17F2NO. The summed E-state index contributed by atoms with van der Waals surface area (Å²) in [7, 11) is 0. The molecule has 0 aliphatic rings. The molecule has 1 N–H and O–H groups in total. The number of benzene rings is 1. The summed E-state index contributed by atoms with van der Waals surface area (Å²) in [6.45, 7) is 6.82. The Labute approximate surface area is 105 Å². The quantitative estimate of drug-likeness (QED) is 0.890. The van der Waals surface area contributed by atoms with Gasteiger partial charge in [0.1, 0.15) is 11.6 Å². The van der Waals surface area contributed by atoms with Gasteiger partial charge in [-0.2, -0.15) is 0 Å². The summed E-state index contributed by atoms with van der Waals surface area (Å²) in [5, 5.41) is 3.46. The van der Waals surface area contributed by atoms with Gasteiger partial charge >= 0.3 is 0 Å². The number of rotatable bonds is 4. The molecule has 4 heteroatoms. The van der Waals surface area contributed by atoms with Crippen molar-refractivity contribution in [2.45, 2.75) is 26.8 Å². The van der Waals surface area contributed by atoms with Crippen molar-refractivity contribution in [1.29, 1.82) is 0 Å². The van der Waals surface area contributed by atoms with E-state index in [2.05, 4.69) is 5.32 Å². The van der Waals surface area contributed by atoms with Crippen molar-refractivity contribution in [2.24, 2.45) is 5.92 Å². The zero-order valence-electron chi connectivity index (χ0n) is 10.8. The number of furan rings is 1. The molecule has 2 nitrogen and oxygen atoms in total. The van der Waals surface area contributed by atoms with E-state index < -0.39 is 11.6 Å². The van der Waals surface area contributed by atoms with Crippen molar-refractivity contribution in [3.05, 3.63) is 35.6 Å². The fourth-order valence-corrected chi connectivity index (χ4v) is 2.11. The molecule has 1 atom stereocenters. The molecule has 0 saturated heterocycles. The summed E-state index contributed by atoms with van der Waals surface area (Å²) >= 11 is 0. The Hall–Kier alpha value is -1.42. The van der Waals surface area contributed by atoms with Crippen LogP contribution in [0.25, 0.3) is 11.0 Å². The zero-order valence-corrected chi connectivity index (χ0v) is 10.8. The molecule has 2 aromatic rings. The average molecular weight is 253 g/mol. The largest absolute Gasteiger partial charge is 0.456 e. The van der Waals surface area contributed by atoms with Gasteiger partial charge in [0, 0.05) is 0 Å². The first-order valence-corrected chi connectivity index (χ1v) is 6.15. The van der Waals surface area contributed by atoms with Crippen LogP contribution in [-0.4, -0.2) is 6.54 Å². The molecule has 1 aromatic heterocycles. The van der Waals surface area contributed by atoms with Crippen molar-refractivity contribution in [3.63, 3.8) is 0 Å². The third-order valence-corrected chi connectivity index (χ3v) is 3.00. The maximum absolute atomic E-state index is 13.6. The second-order valence-electron chi connectivity index (χ2n) is 4.70. The van der Waals surface area contributed by atoms with Gasteiger partial charge in [0.05, 0.1) is 11.4 Å². The van der Waals surface area contributed by atoms with Crippen LogP contribution < -0.4 is 5.32 Å². The second-order valence-corrected chi connectivity index (χ2v) is 4.70. The first kappa shape index (κ1) is 13.0. The van der Waals surface area contributed by atoms with Gasteiger partial charge in [-0.15, -0.1) is 0 Å². The lowest BCUT2D eigenvalue weighted by Gasteiger charge is -2.18. The number of fused-ring (bicyclic) bond motifs is 1. The zero-order chi connectivity index (χ0) is 13.3. The lowest BCUT2D eigenvalue weighted by Crippen LogP contribution is -2.24. The molecule has 0 aliphatic heterocycles. The molecule has 0 bridgehead atoms. The minimum Gasteiger partial charge on any atom is -0.456 e. The highest BCUT2D eigenvalue weighted by Gasteiger charge is 2.21. The number of hydrogen-bond acceptors (Lipinski definition) is 2. The Kier molecular flexibility index (Phi) is 3.66. The SMILES string of the molecule is CCNC(c1cc2c(F)ccc(F)c2o1)C(C)C. The van der Waals surface area contributed by atoms with Crippen molar-refractivity contribution in [1.82, 2.24) is 5.32 Å². The van der Waals surface area contributed by atoms with Gasteiger partial charge in [0.2, 0.25) is 0 Å². The summed E-state index contributed by atoms with van der Waals surface area (Å²) in [6.07, 6.45) is 0. The van der Waals surface area contributed by atoms with Crippen LogP contribution in [0.15, 0.2) is 22.6 Å². The van der Waals surface area contributed by atoms with Crippen LogP contribution in [0.2, 0.25) is 0 Å². The minimum atomic E-state index is -0.531. The van der Waals surface area contributed by atoms with E-state index in [1.165, 1.54) is 0 Å². The number of nitrogens with one attached hydrogen (secondary N) is 1. The fourth-order valence-electron chi connectivity index (χ4n) is 2.11. The molecule has 1 aromatic carbocycles. The number of hydrogen-bond donors (Lipinski definition) is 1. The second kappa shape index (κ2) is 5.06. The van der Waals surface area contributed by atoms with Gasteiger partial charge in [0.25, 0.3) is 0 Å². The van der Waals surface area contributed by atoms with Crippen molar-refractivity contribution >= 4 is 11.0 Å². The van der Waals surface area contributed by atoms with Crippen molar-refractivity contribution in [3.8, 4) is 0 Å². The Bertz CT molecular complexity index is 509. The van der Waals surface area contributed by atoms with Gasteiger partial charge in [0.15, 0.2) is 11.4 Å². The maximum Gasteiger partial charge on any atom is 0.172 e. The smallest absolute Gasteiger partial charge is 0.172 e. The lowest BCUT2D eigenvalue weighted by atomic mass is 10.0. The molecule has 0 saturated carbocycles. The van der Waals surface area contributed by atoms with Gasteiger partial charge in [-0.25, -0.2) is 8.78 Å². The standard InChI is InChI=1S/C14H17F2NO/c1-4-17-13(8(2)3)12-7-9-10(15)5-6-11(16)14(9)18-12/h5-8,13,17H,4H2,1-3H3. The molecule has 0 aliphatic carbocycles. The molecule has 1 unspecified atom stereocenters. The molecule has 1 heterocycles. The highest BCUT2D eigenvalue weighted by atomic mass is 19.1. The molecule has 0 fully saturated rings. The third kappa shape index (κ3) is 2.25. The number of halogens is 2. The minimum absolute atomic E-state index is 0.00597. The van der Waals surface area contributed by atoms with Crippen LogP contribution >= 0.6 is 0 Å². The first-order valence-electron chi connectivity index (χ1n) is 6.15. The summed E-state index contributed by atoms with van der Waals surface area (Å²) in [5.41, 5.74) is -0.00597. The summed E-state index contributed by atoms with van der Waals surface area (Å²) in [5.74, 6) is -0.139. The third-order valence-electron chi connectivity index (χ3n) is 3.00. The molecule has 0 radical (unpaired) electrons. The van der Waals surface area contributed by atoms with E-state index in [1.807, 2.05) is 20.8 Å². The molecule has 98 valence electrons. The van der Waals surface area contributed by atoms with Gasteiger partial charge in [-0.05, 0) is 30.7 Å². The molecule has 18 heavy (non-hydrogen) atoms. The van der Waals surface area contributed by atoms with Crippen LogP contribution in [0.4, 0.5) is 8.78 Å². The van der Waals surface area contributed by atoms with E-state index in [9.17, 15) is 8.78 Å². The summed E-state index contributed by atoms with van der Waals surface area (Å²) < 4.78 is 32.6. The van der Waals surface area contributed by atoms with E-state index in [1.54, 1.807) is 6.07 Å². The molecule has 2 rings (SSSR count). The molecule has 0 spiro atoms. The Morgan fingerprint density at radius 3 is 2.44 bits per heavy atom. The molecular weight excluding hydrogens is 236 g/mol. The van der Waals surface area contributed by atoms with Crippen LogP contribution in [0.1, 0.15) is 32.6 Å². The van der Waals surface area contributed by atoms with E-state index in [4.69, 9.17) is 4.42 Å². The van der Waals surface area contributed by atoms with Crippen LogP contribution in [0, 0.1) is 17.6 Å². The lowest BCUT2D eigenvalue weighted by molar-refractivity contribution is 0.354. The maximum atomic E-state index is 13.6. The topological polar surface area (TPSA) is 25.2 Å². The predicted octanol–water partition coefficient (Wildman–Crippen LogP) is 4.02. The highest BCUT2D eigenvalue weighted by Crippen LogP contribution is 2.30. The van der Waals surface area contributed by atoms with E-state index in [-0.39, 0.29) is 22.9 Å². The molecule has 0 amide bonds. The average Bonchev–Trinajstić information content (AvgIpc) is 2.76. The van der Waals surface area contributed by atoms with Crippen molar-refractivity contribution < 1.29 is 13.2 Å². The first-order chi connectivity index (χ1) is 8.54. The summed E-state index contributed by atoms with van der Waals surface area (Å²) in [6, 6.07) is 3.75. The van der Waals surface area contributed by atoms with Crippen LogP contribution in [0.3, 0.4) is 0 Å². The van der Waals surface area contributed by atoms with Crippen LogP contribution in [-0.2, 0) is 0 Å². The Morgan fingerprint density at radius 1 is 1.22 bits per heavy atom. The summed E-state index contributed by atoms with van der Waals surface area (Å²) in [4.78, 5) is 0. The van der Waals surface area contributed by atoms with E-state index >= 15 is 0 Å². The highest BCUT2D eigenvalue weighted by molar-refractivity contribution is 5.79. The predicted molar refractivity (Wildman–Crippen MR) is 67.4 cm³/mol. The van der Waals surface area contributed by atoms with Gasteiger partial charge in [-0.3, -0.25) is 0 Å². The van der Waals surface area contributed by atoms with Gasteiger partial charge < -0.3 is 9.73 Å².